The van der Waals surface area contributed by atoms with E-state index in [-0.39, 0.29) is 12.1 Å². The molecule has 0 bridgehead atoms. The summed E-state index contributed by atoms with van der Waals surface area (Å²) in [6.45, 7) is 4.07. The smallest absolute Gasteiger partial charge is 0.321 e. The first-order valence-electron chi connectivity index (χ1n) is 9.19. The third kappa shape index (κ3) is 5.29. The first-order valence-corrected chi connectivity index (χ1v) is 10.0. The van der Waals surface area contributed by atoms with Gasteiger partial charge in [0.05, 0.1) is 13.2 Å². The molecular weight excluding hydrogens is 372 g/mol. The molecule has 1 heterocycles. The second-order valence-electron chi connectivity index (χ2n) is 6.44. The van der Waals surface area contributed by atoms with Crippen molar-refractivity contribution in [3.8, 4) is 5.75 Å². The van der Waals surface area contributed by atoms with Crippen LogP contribution in [0.1, 0.15) is 41.6 Å². The number of carbonyl (C=O) groups excluding carboxylic acids is 1. The van der Waals surface area contributed by atoms with Crippen molar-refractivity contribution in [1.29, 1.82) is 0 Å². The Morgan fingerprint density at radius 2 is 1.93 bits per heavy atom. The number of benzene rings is 2. The first kappa shape index (κ1) is 19.8. The van der Waals surface area contributed by atoms with Crippen LogP contribution in [0.15, 0.2) is 48.5 Å². The number of carbonyl (C=O) groups is 1. The van der Waals surface area contributed by atoms with E-state index in [4.69, 9.17) is 4.74 Å². The van der Waals surface area contributed by atoms with Crippen molar-refractivity contribution in [3.63, 3.8) is 0 Å². The summed E-state index contributed by atoms with van der Waals surface area (Å²) in [5.41, 5.74) is 3.41. The molecule has 0 spiro atoms. The maximum atomic E-state index is 12.3. The highest BCUT2D eigenvalue weighted by Crippen LogP contribution is 2.21. The van der Waals surface area contributed by atoms with Gasteiger partial charge in [-0.05, 0) is 42.2 Å². The average Bonchev–Trinajstić information content (AvgIpc) is 3.14. The zero-order valence-electron chi connectivity index (χ0n) is 16.2. The number of methoxy groups -OCH3 is 1. The number of nitrogens with zero attached hydrogens (tertiary/aromatic N) is 2. The fraction of sp³-hybridized carbons (Fsp3) is 0.286. The van der Waals surface area contributed by atoms with Crippen molar-refractivity contribution in [2.45, 2.75) is 32.7 Å². The number of aryl methyl sites for hydroxylation is 1. The van der Waals surface area contributed by atoms with Gasteiger partial charge in [0, 0.05) is 6.42 Å². The van der Waals surface area contributed by atoms with Crippen LogP contribution < -0.4 is 15.4 Å². The Kier molecular flexibility index (Phi) is 6.60. The van der Waals surface area contributed by atoms with Crippen LogP contribution in [0.25, 0.3) is 0 Å². The molecule has 0 aliphatic heterocycles. The van der Waals surface area contributed by atoms with Crippen LogP contribution in [0.2, 0.25) is 0 Å². The average molecular weight is 397 g/mol. The van der Waals surface area contributed by atoms with Gasteiger partial charge in [-0.15, -0.1) is 10.2 Å². The molecule has 2 aromatic carbocycles. The van der Waals surface area contributed by atoms with E-state index in [2.05, 4.69) is 39.9 Å². The van der Waals surface area contributed by atoms with Crippen molar-refractivity contribution >= 4 is 22.5 Å². The van der Waals surface area contributed by atoms with Crippen molar-refractivity contribution in [1.82, 2.24) is 15.5 Å². The molecular formula is C21H24N4O2S. The van der Waals surface area contributed by atoms with E-state index in [0.717, 1.165) is 28.3 Å². The minimum atomic E-state index is -0.295. The van der Waals surface area contributed by atoms with Gasteiger partial charge in [0.1, 0.15) is 10.8 Å². The summed E-state index contributed by atoms with van der Waals surface area (Å²) in [6.07, 6.45) is 1.63. The third-order valence-electron chi connectivity index (χ3n) is 4.41. The number of rotatable bonds is 7. The molecule has 0 aliphatic carbocycles. The first-order chi connectivity index (χ1) is 13.6. The SMILES string of the molecule is CCc1ccc(C(C)NC(=O)Nc2nnc(Cc3cccc(OC)c3)s2)cc1. The molecule has 28 heavy (non-hydrogen) atoms. The standard InChI is InChI=1S/C21H24N4O2S/c1-4-15-8-10-17(11-9-15)14(2)22-20(26)23-21-25-24-19(28-21)13-16-6-5-7-18(12-16)27-3/h5-12,14H,4,13H2,1-3H3,(H2,22,23,25,26). The molecule has 7 heteroatoms. The van der Waals surface area contributed by atoms with Crippen LogP contribution in [-0.2, 0) is 12.8 Å². The van der Waals surface area contributed by atoms with Gasteiger partial charge in [0.2, 0.25) is 5.13 Å². The molecule has 3 rings (SSSR count). The Balaban J connectivity index is 1.55. The van der Waals surface area contributed by atoms with Gasteiger partial charge in [-0.3, -0.25) is 5.32 Å². The quantitative estimate of drug-likeness (QED) is 0.613. The number of nitrogens with one attached hydrogen (secondary N) is 2. The zero-order valence-corrected chi connectivity index (χ0v) is 17.0. The minimum Gasteiger partial charge on any atom is -0.497 e. The summed E-state index contributed by atoms with van der Waals surface area (Å²) in [7, 11) is 1.64. The largest absolute Gasteiger partial charge is 0.497 e. The molecule has 0 aliphatic rings. The number of ether oxygens (including phenoxy) is 1. The fourth-order valence-corrected chi connectivity index (χ4v) is 3.56. The molecule has 0 radical (unpaired) electrons. The highest BCUT2D eigenvalue weighted by Gasteiger charge is 2.12. The minimum absolute atomic E-state index is 0.102. The van der Waals surface area contributed by atoms with E-state index in [9.17, 15) is 4.79 Å². The molecule has 0 fully saturated rings. The molecule has 2 amide bonds. The van der Waals surface area contributed by atoms with E-state index in [1.165, 1.54) is 16.9 Å². The topological polar surface area (TPSA) is 76.1 Å². The van der Waals surface area contributed by atoms with Crippen LogP contribution in [0.4, 0.5) is 9.93 Å². The highest BCUT2D eigenvalue weighted by molar-refractivity contribution is 7.15. The Hall–Kier alpha value is -2.93. The van der Waals surface area contributed by atoms with Crippen LogP contribution in [0.3, 0.4) is 0 Å². The third-order valence-corrected chi connectivity index (χ3v) is 5.25. The molecule has 6 nitrogen and oxygen atoms in total. The van der Waals surface area contributed by atoms with Crippen LogP contribution in [-0.4, -0.2) is 23.3 Å². The van der Waals surface area contributed by atoms with Crippen LogP contribution >= 0.6 is 11.3 Å². The highest BCUT2D eigenvalue weighted by atomic mass is 32.1. The number of hydrogen-bond acceptors (Lipinski definition) is 5. The lowest BCUT2D eigenvalue weighted by Crippen LogP contribution is -2.31. The van der Waals surface area contributed by atoms with Gasteiger partial charge in [0.25, 0.3) is 0 Å². The maximum absolute atomic E-state index is 12.3. The Morgan fingerprint density at radius 3 is 2.64 bits per heavy atom. The number of hydrogen-bond donors (Lipinski definition) is 2. The second kappa shape index (κ2) is 9.32. The molecule has 2 N–H and O–H groups in total. The Labute approximate surface area is 169 Å². The van der Waals surface area contributed by atoms with E-state index in [1.807, 2.05) is 43.3 Å². The van der Waals surface area contributed by atoms with E-state index < -0.39 is 0 Å². The summed E-state index contributed by atoms with van der Waals surface area (Å²) in [4.78, 5) is 12.3. The molecule has 1 aromatic heterocycles. The monoisotopic (exact) mass is 396 g/mol. The van der Waals surface area contributed by atoms with Gasteiger partial charge in [-0.25, -0.2) is 4.79 Å². The van der Waals surface area contributed by atoms with Gasteiger partial charge >= 0.3 is 6.03 Å². The molecule has 0 saturated heterocycles. The Bertz CT molecular complexity index is 924. The Morgan fingerprint density at radius 1 is 1.14 bits per heavy atom. The molecule has 1 unspecified atom stereocenters. The molecule has 146 valence electrons. The van der Waals surface area contributed by atoms with Crippen molar-refractivity contribution in [3.05, 3.63) is 70.2 Å². The van der Waals surface area contributed by atoms with Crippen LogP contribution in [0, 0.1) is 0 Å². The predicted molar refractivity (Wildman–Crippen MR) is 112 cm³/mol. The summed E-state index contributed by atoms with van der Waals surface area (Å²) < 4.78 is 5.24. The second-order valence-corrected chi connectivity index (χ2v) is 7.51. The molecule has 0 saturated carbocycles. The lowest BCUT2D eigenvalue weighted by atomic mass is 10.1. The van der Waals surface area contributed by atoms with Crippen LogP contribution in [0.5, 0.6) is 5.75 Å². The van der Waals surface area contributed by atoms with E-state index in [1.54, 1.807) is 7.11 Å². The number of amides is 2. The summed E-state index contributed by atoms with van der Waals surface area (Å²) in [5, 5.41) is 15.2. The summed E-state index contributed by atoms with van der Waals surface area (Å²) >= 11 is 1.36. The van der Waals surface area contributed by atoms with Gasteiger partial charge in [0.15, 0.2) is 0 Å². The number of anilines is 1. The summed E-state index contributed by atoms with van der Waals surface area (Å²) in [6, 6.07) is 15.7. The van der Waals surface area contributed by atoms with E-state index in [0.29, 0.717) is 11.6 Å². The van der Waals surface area contributed by atoms with Crippen molar-refractivity contribution in [2.24, 2.45) is 0 Å². The van der Waals surface area contributed by atoms with E-state index >= 15 is 0 Å². The number of urea groups is 1. The number of aromatic nitrogens is 2. The fourth-order valence-electron chi connectivity index (χ4n) is 2.79. The van der Waals surface area contributed by atoms with Crippen molar-refractivity contribution in [2.75, 3.05) is 12.4 Å². The lowest BCUT2D eigenvalue weighted by Gasteiger charge is -2.14. The van der Waals surface area contributed by atoms with Gasteiger partial charge < -0.3 is 10.1 Å². The molecule has 3 aromatic rings. The zero-order chi connectivity index (χ0) is 19.9. The maximum Gasteiger partial charge on any atom is 0.321 e. The van der Waals surface area contributed by atoms with Gasteiger partial charge in [-0.2, -0.15) is 0 Å². The predicted octanol–water partition coefficient (Wildman–Crippen LogP) is 4.58. The summed E-state index contributed by atoms with van der Waals surface area (Å²) in [5.74, 6) is 0.806. The normalized spacial score (nSPS) is 11.7. The molecule has 1 atom stereocenters. The lowest BCUT2D eigenvalue weighted by molar-refractivity contribution is 0.249. The van der Waals surface area contributed by atoms with Crippen molar-refractivity contribution < 1.29 is 9.53 Å². The van der Waals surface area contributed by atoms with Gasteiger partial charge in [-0.1, -0.05) is 54.7 Å².